The lowest BCUT2D eigenvalue weighted by molar-refractivity contribution is 0.290. The van der Waals surface area contributed by atoms with Gasteiger partial charge in [-0.25, -0.2) is 13.4 Å². The second-order valence-corrected chi connectivity index (χ2v) is 9.92. The number of aromatic amines is 1. The summed E-state index contributed by atoms with van der Waals surface area (Å²) in [5, 5.41) is 9.39. The fraction of sp³-hybridized carbons (Fsp3) is 0.304. The van der Waals surface area contributed by atoms with Gasteiger partial charge in [0.2, 0.25) is 10.0 Å². The van der Waals surface area contributed by atoms with Gasteiger partial charge in [0, 0.05) is 31.0 Å². The highest BCUT2D eigenvalue weighted by molar-refractivity contribution is 7.88. The number of sulfonamides is 1. The van der Waals surface area contributed by atoms with Crippen molar-refractivity contribution >= 4 is 15.7 Å². The second kappa shape index (κ2) is 8.53. The van der Waals surface area contributed by atoms with Crippen LogP contribution < -0.4 is 4.90 Å². The molecule has 1 aromatic heterocycles. The third kappa shape index (κ3) is 4.48. The van der Waals surface area contributed by atoms with Crippen molar-refractivity contribution in [3.05, 3.63) is 83.4 Å². The number of aromatic nitrogens is 2. The lowest BCUT2D eigenvalue weighted by Crippen LogP contribution is -2.46. The molecule has 2 aromatic carbocycles. The largest absolute Gasteiger partial charge is 0.364 e. The SMILES string of the molecule is C[C@H](c1ccccc1)C1CN(Cc2cnc[nH]2)c2ccc(C#N)cc2CN1S(C)(=O)=O. The monoisotopic (exact) mass is 435 g/mol. The van der Waals surface area contributed by atoms with Crippen LogP contribution in [0.15, 0.2) is 61.1 Å². The van der Waals surface area contributed by atoms with Crippen molar-refractivity contribution in [2.24, 2.45) is 0 Å². The van der Waals surface area contributed by atoms with Gasteiger partial charge in [-0.3, -0.25) is 0 Å². The van der Waals surface area contributed by atoms with E-state index in [0.29, 0.717) is 18.7 Å². The second-order valence-electron chi connectivity index (χ2n) is 7.99. The molecule has 2 heterocycles. The van der Waals surface area contributed by atoms with Gasteiger partial charge in [0.1, 0.15) is 0 Å². The molecule has 8 heteroatoms. The Morgan fingerprint density at radius 3 is 2.68 bits per heavy atom. The van der Waals surface area contributed by atoms with Gasteiger partial charge in [-0.2, -0.15) is 9.57 Å². The van der Waals surface area contributed by atoms with Gasteiger partial charge in [0.25, 0.3) is 0 Å². The Morgan fingerprint density at radius 1 is 1.26 bits per heavy atom. The molecule has 7 nitrogen and oxygen atoms in total. The van der Waals surface area contributed by atoms with Crippen molar-refractivity contribution in [3.8, 4) is 6.07 Å². The fourth-order valence-corrected chi connectivity index (χ4v) is 5.38. The summed E-state index contributed by atoms with van der Waals surface area (Å²) >= 11 is 0. The Balaban J connectivity index is 1.82. The minimum absolute atomic E-state index is 0.0232. The van der Waals surface area contributed by atoms with Gasteiger partial charge in [0.05, 0.1) is 36.5 Å². The normalized spacial score (nSPS) is 18.1. The van der Waals surface area contributed by atoms with Gasteiger partial charge >= 0.3 is 0 Å². The zero-order chi connectivity index (χ0) is 22.0. The van der Waals surface area contributed by atoms with E-state index in [4.69, 9.17) is 0 Å². The summed E-state index contributed by atoms with van der Waals surface area (Å²) in [6, 6.07) is 17.4. The number of imidazole rings is 1. The maximum Gasteiger partial charge on any atom is 0.211 e. The van der Waals surface area contributed by atoms with Crippen molar-refractivity contribution in [2.75, 3.05) is 17.7 Å². The van der Waals surface area contributed by atoms with Crippen molar-refractivity contribution in [1.29, 1.82) is 5.26 Å². The number of H-pyrrole nitrogens is 1. The lowest BCUT2D eigenvalue weighted by atomic mass is 9.93. The van der Waals surface area contributed by atoms with Gasteiger partial charge in [-0.15, -0.1) is 0 Å². The van der Waals surface area contributed by atoms with E-state index in [2.05, 4.69) is 27.9 Å². The highest BCUT2D eigenvalue weighted by Gasteiger charge is 2.37. The molecule has 0 amide bonds. The summed E-state index contributed by atoms with van der Waals surface area (Å²) < 4.78 is 27.4. The first-order chi connectivity index (χ1) is 14.9. The molecular weight excluding hydrogens is 410 g/mol. The minimum atomic E-state index is -3.50. The van der Waals surface area contributed by atoms with Crippen LogP contribution in [0, 0.1) is 11.3 Å². The summed E-state index contributed by atoms with van der Waals surface area (Å²) in [4.78, 5) is 9.44. The molecule has 2 atom stereocenters. The number of fused-ring (bicyclic) bond motifs is 1. The number of hydrogen-bond donors (Lipinski definition) is 1. The Morgan fingerprint density at radius 2 is 2.03 bits per heavy atom. The average Bonchev–Trinajstić information content (AvgIpc) is 3.21. The molecule has 1 aliphatic rings. The first-order valence-electron chi connectivity index (χ1n) is 10.1. The molecule has 0 saturated carbocycles. The molecule has 3 aromatic rings. The topological polar surface area (TPSA) is 93.1 Å². The van der Waals surface area contributed by atoms with E-state index in [-0.39, 0.29) is 18.5 Å². The molecule has 0 aliphatic carbocycles. The van der Waals surface area contributed by atoms with E-state index in [9.17, 15) is 13.7 Å². The molecule has 1 aliphatic heterocycles. The third-order valence-corrected chi connectivity index (χ3v) is 7.15. The van der Waals surface area contributed by atoms with Crippen LogP contribution in [0.1, 0.15) is 35.2 Å². The average molecular weight is 436 g/mol. The number of nitrogens with one attached hydrogen (secondary N) is 1. The predicted molar refractivity (Wildman–Crippen MR) is 120 cm³/mol. The van der Waals surface area contributed by atoms with Crippen LogP contribution in [0.3, 0.4) is 0 Å². The van der Waals surface area contributed by atoms with E-state index >= 15 is 0 Å². The molecule has 160 valence electrons. The summed E-state index contributed by atoms with van der Waals surface area (Å²) in [6.07, 6.45) is 4.67. The molecule has 0 saturated heterocycles. The first kappa shape index (κ1) is 21.1. The number of nitrogens with zero attached hydrogens (tertiary/aromatic N) is 4. The zero-order valence-corrected chi connectivity index (χ0v) is 18.4. The molecule has 0 fully saturated rings. The Labute approximate surface area is 183 Å². The number of benzene rings is 2. The Kier molecular flexibility index (Phi) is 5.81. The zero-order valence-electron chi connectivity index (χ0n) is 17.6. The molecule has 31 heavy (non-hydrogen) atoms. The van der Waals surface area contributed by atoms with E-state index in [0.717, 1.165) is 22.5 Å². The highest BCUT2D eigenvalue weighted by Crippen LogP contribution is 2.35. The standard InChI is InChI=1S/C23H25N5O2S/c1-17(19-6-4-3-5-7-19)23-15-27(14-21-12-25-16-26-21)22-9-8-18(11-24)10-20(22)13-28(23)31(2,29)30/h3-10,12,16-17,23H,13-15H2,1-2H3,(H,25,26)/t17-,23?/m1/s1. The lowest BCUT2D eigenvalue weighted by Gasteiger charge is -2.35. The quantitative estimate of drug-likeness (QED) is 0.664. The van der Waals surface area contributed by atoms with E-state index in [1.54, 1.807) is 29.0 Å². The minimum Gasteiger partial charge on any atom is -0.364 e. The van der Waals surface area contributed by atoms with Gasteiger partial charge in [-0.1, -0.05) is 37.3 Å². The summed E-state index contributed by atoms with van der Waals surface area (Å²) in [6.45, 7) is 3.38. The summed E-state index contributed by atoms with van der Waals surface area (Å²) in [7, 11) is -3.50. The van der Waals surface area contributed by atoms with E-state index < -0.39 is 10.0 Å². The number of nitriles is 1. The van der Waals surface area contributed by atoms with E-state index in [1.807, 2.05) is 36.4 Å². The van der Waals surface area contributed by atoms with Crippen LogP contribution in [0.4, 0.5) is 5.69 Å². The number of hydrogen-bond acceptors (Lipinski definition) is 5. The van der Waals surface area contributed by atoms with Gasteiger partial charge in [0.15, 0.2) is 0 Å². The highest BCUT2D eigenvalue weighted by atomic mass is 32.2. The first-order valence-corrected chi connectivity index (χ1v) is 12.0. The van der Waals surface area contributed by atoms with Crippen LogP contribution >= 0.6 is 0 Å². The van der Waals surface area contributed by atoms with Crippen LogP contribution in [0.5, 0.6) is 0 Å². The molecule has 1 unspecified atom stereocenters. The van der Waals surface area contributed by atoms with Crippen molar-refractivity contribution in [2.45, 2.75) is 32.0 Å². The number of anilines is 1. The molecule has 0 radical (unpaired) electrons. The Hall–Kier alpha value is -3.15. The van der Waals surface area contributed by atoms with Crippen LogP contribution in [-0.4, -0.2) is 41.5 Å². The van der Waals surface area contributed by atoms with Crippen molar-refractivity contribution in [1.82, 2.24) is 14.3 Å². The summed E-state index contributed by atoms with van der Waals surface area (Å²) in [5.41, 5.74) is 4.31. The van der Waals surface area contributed by atoms with Crippen molar-refractivity contribution in [3.63, 3.8) is 0 Å². The predicted octanol–water partition coefficient (Wildman–Crippen LogP) is 3.24. The Bertz CT molecular complexity index is 1190. The molecule has 0 spiro atoms. The maximum absolute atomic E-state index is 12.9. The number of rotatable bonds is 5. The van der Waals surface area contributed by atoms with E-state index in [1.165, 1.54) is 6.26 Å². The molecule has 1 N–H and O–H groups in total. The van der Waals surface area contributed by atoms with Crippen LogP contribution in [-0.2, 0) is 23.1 Å². The maximum atomic E-state index is 12.9. The fourth-order valence-electron chi connectivity index (χ4n) is 4.27. The van der Waals surface area contributed by atoms with Crippen molar-refractivity contribution < 1.29 is 8.42 Å². The third-order valence-electron chi connectivity index (χ3n) is 5.90. The molecule has 0 bridgehead atoms. The molecular formula is C23H25N5O2S. The summed E-state index contributed by atoms with van der Waals surface area (Å²) in [5.74, 6) is -0.0232. The van der Waals surface area contributed by atoms with Gasteiger partial charge < -0.3 is 9.88 Å². The van der Waals surface area contributed by atoms with Crippen LogP contribution in [0.2, 0.25) is 0 Å². The smallest absolute Gasteiger partial charge is 0.211 e. The van der Waals surface area contributed by atoms with Gasteiger partial charge in [-0.05, 0) is 35.2 Å². The van der Waals surface area contributed by atoms with Crippen LogP contribution in [0.25, 0.3) is 0 Å². The molecule has 4 rings (SSSR count).